The van der Waals surface area contributed by atoms with E-state index in [9.17, 15) is 10.1 Å². The predicted octanol–water partition coefficient (Wildman–Crippen LogP) is 1.82. The molecule has 0 unspecified atom stereocenters. The van der Waals surface area contributed by atoms with Crippen molar-refractivity contribution in [2.24, 2.45) is 5.84 Å². The predicted molar refractivity (Wildman–Crippen MR) is 67.1 cm³/mol. The summed E-state index contributed by atoms with van der Waals surface area (Å²) in [5.74, 6) is 5.61. The molecule has 0 bridgehead atoms. The van der Waals surface area contributed by atoms with Crippen LogP contribution < -0.4 is 11.3 Å². The molecule has 0 aliphatic heterocycles. The van der Waals surface area contributed by atoms with Gasteiger partial charge >= 0.3 is 5.69 Å². The van der Waals surface area contributed by atoms with Crippen LogP contribution in [-0.2, 0) is 0 Å². The van der Waals surface area contributed by atoms with Crippen LogP contribution in [0.25, 0.3) is 0 Å². The first-order chi connectivity index (χ1) is 8.70. The third-order valence-corrected chi connectivity index (χ3v) is 3.05. The van der Waals surface area contributed by atoms with Gasteiger partial charge in [0.2, 0.25) is 0 Å². The molecule has 0 saturated carbocycles. The Morgan fingerprint density at radius 3 is 2.61 bits per heavy atom. The van der Waals surface area contributed by atoms with Crippen molar-refractivity contribution in [3.05, 3.63) is 46.8 Å². The Balaban J connectivity index is 2.38. The van der Waals surface area contributed by atoms with Crippen LogP contribution in [0.4, 0.5) is 11.5 Å². The lowest BCUT2D eigenvalue weighted by molar-refractivity contribution is -0.388. The van der Waals surface area contributed by atoms with Gasteiger partial charge in [-0.25, -0.2) is 10.8 Å². The first kappa shape index (κ1) is 12.3. The van der Waals surface area contributed by atoms with Crippen molar-refractivity contribution in [2.45, 2.75) is 9.92 Å². The highest BCUT2D eigenvalue weighted by molar-refractivity contribution is 7.99. The Labute approximate surface area is 107 Å². The van der Waals surface area contributed by atoms with E-state index in [4.69, 9.17) is 5.84 Å². The van der Waals surface area contributed by atoms with Crippen LogP contribution in [0.3, 0.4) is 0 Å². The normalized spacial score (nSPS) is 10.1. The van der Waals surface area contributed by atoms with E-state index in [1.807, 2.05) is 0 Å². The minimum Gasteiger partial charge on any atom is -0.308 e. The van der Waals surface area contributed by atoms with Gasteiger partial charge in [0.15, 0.2) is 5.03 Å². The molecule has 0 radical (unpaired) electrons. The molecule has 0 fully saturated rings. The van der Waals surface area contributed by atoms with Crippen LogP contribution in [0.2, 0.25) is 0 Å². The van der Waals surface area contributed by atoms with E-state index in [1.54, 1.807) is 24.5 Å². The molecule has 2 heterocycles. The number of nitro groups is 1. The molecule has 0 amide bonds. The molecule has 0 atom stereocenters. The van der Waals surface area contributed by atoms with E-state index in [0.29, 0.717) is 5.82 Å². The molecule has 0 aliphatic rings. The van der Waals surface area contributed by atoms with E-state index >= 15 is 0 Å². The summed E-state index contributed by atoms with van der Waals surface area (Å²) in [4.78, 5) is 19.2. The molecule has 0 saturated heterocycles. The number of pyridine rings is 2. The van der Waals surface area contributed by atoms with E-state index in [-0.39, 0.29) is 10.7 Å². The van der Waals surface area contributed by atoms with Crippen LogP contribution >= 0.6 is 11.8 Å². The Kier molecular flexibility index (Phi) is 3.70. The number of hydrogen-bond acceptors (Lipinski definition) is 7. The van der Waals surface area contributed by atoms with Crippen molar-refractivity contribution in [1.82, 2.24) is 9.97 Å². The highest BCUT2D eigenvalue weighted by Gasteiger charge is 2.17. The van der Waals surface area contributed by atoms with Crippen molar-refractivity contribution in [1.29, 1.82) is 0 Å². The second-order valence-electron chi connectivity index (χ2n) is 3.21. The number of nitrogens with two attached hydrogens (primary N) is 1. The molecular weight excluding hydrogens is 254 g/mol. The molecular formula is C10H9N5O2S. The summed E-state index contributed by atoms with van der Waals surface area (Å²) in [5.41, 5.74) is 2.30. The quantitative estimate of drug-likeness (QED) is 0.492. The number of nitrogens with zero attached hydrogens (tertiary/aromatic N) is 3. The average Bonchev–Trinajstić information content (AvgIpc) is 2.39. The van der Waals surface area contributed by atoms with Crippen LogP contribution in [0.5, 0.6) is 0 Å². The van der Waals surface area contributed by atoms with Gasteiger partial charge in [-0.3, -0.25) is 15.1 Å². The fourth-order valence-electron chi connectivity index (χ4n) is 1.25. The number of anilines is 1. The maximum atomic E-state index is 10.9. The van der Waals surface area contributed by atoms with E-state index in [1.165, 1.54) is 23.9 Å². The number of nitrogen functional groups attached to an aromatic ring is 1. The van der Waals surface area contributed by atoms with Crippen molar-refractivity contribution < 1.29 is 4.92 Å². The molecule has 0 spiro atoms. The smallest absolute Gasteiger partial charge is 0.301 e. The zero-order chi connectivity index (χ0) is 13.0. The summed E-state index contributed by atoms with van der Waals surface area (Å²) in [7, 11) is 0. The molecule has 2 rings (SSSR count). The lowest BCUT2D eigenvalue weighted by Gasteiger charge is -2.04. The summed E-state index contributed by atoms with van der Waals surface area (Å²) in [5, 5.41) is 11.2. The molecule has 3 N–H and O–H groups in total. The fraction of sp³-hybridized carbons (Fsp3) is 0. The van der Waals surface area contributed by atoms with Gasteiger partial charge in [-0.15, -0.1) is 0 Å². The van der Waals surface area contributed by atoms with Gasteiger partial charge in [0.1, 0.15) is 5.82 Å². The van der Waals surface area contributed by atoms with Gasteiger partial charge in [-0.2, -0.15) is 0 Å². The third kappa shape index (κ3) is 2.73. The third-order valence-electron chi connectivity index (χ3n) is 2.05. The molecule has 0 aliphatic carbocycles. The number of rotatable bonds is 4. The zero-order valence-electron chi connectivity index (χ0n) is 9.11. The number of nitrogens with one attached hydrogen (secondary N) is 1. The summed E-state index contributed by atoms with van der Waals surface area (Å²) >= 11 is 1.18. The number of aromatic nitrogens is 2. The van der Waals surface area contributed by atoms with Crippen molar-refractivity contribution in [3.8, 4) is 0 Å². The molecule has 8 heteroatoms. The first-order valence-corrected chi connectivity index (χ1v) is 5.72. The summed E-state index contributed by atoms with van der Waals surface area (Å²) in [6, 6.07) is 6.32. The van der Waals surface area contributed by atoms with Gasteiger partial charge in [0, 0.05) is 23.4 Å². The average molecular weight is 263 g/mol. The van der Waals surface area contributed by atoms with Gasteiger partial charge in [0.05, 0.1) is 4.92 Å². The van der Waals surface area contributed by atoms with E-state index < -0.39 is 4.92 Å². The number of hydrogen-bond donors (Lipinski definition) is 2. The Morgan fingerprint density at radius 1 is 1.28 bits per heavy atom. The van der Waals surface area contributed by atoms with Gasteiger partial charge in [0.25, 0.3) is 0 Å². The molecule has 7 nitrogen and oxygen atoms in total. The minimum absolute atomic E-state index is 0.0594. The maximum Gasteiger partial charge on any atom is 0.301 e. The van der Waals surface area contributed by atoms with Crippen molar-refractivity contribution in [3.63, 3.8) is 0 Å². The second-order valence-corrected chi connectivity index (χ2v) is 4.27. The largest absolute Gasteiger partial charge is 0.308 e. The molecule has 18 heavy (non-hydrogen) atoms. The molecule has 92 valence electrons. The van der Waals surface area contributed by atoms with E-state index in [2.05, 4.69) is 15.4 Å². The summed E-state index contributed by atoms with van der Waals surface area (Å²) < 4.78 is 0. The first-order valence-electron chi connectivity index (χ1n) is 4.90. The number of hydrazine groups is 1. The standard InChI is InChI=1S/C10H9N5O2S/c11-14-9-2-1-8(15(16)17)10(13-9)18-7-3-5-12-6-4-7/h1-6H,11H2,(H,13,14). The SMILES string of the molecule is NNc1ccc([N+](=O)[O-])c(Sc2ccncc2)n1. The van der Waals surface area contributed by atoms with E-state index in [0.717, 1.165) is 4.90 Å². The van der Waals surface area contributed by atoms with Gasteiger partial charge in [-0.05, 0) is 18.2 Å². The summed E-state index contributed by atoms with van der Waals surface area (Å²) in [6.07, 6.45) is 3.22. The minimum atomic E-state index is -0.475. The highest BCUT2D eigenvalue weighted by Crippen LogP contribution is 2.33. The lowest BCUT2D eigenvalue weighted by atomic mass is 10.4. The van der Waals surface area contributed by atoms with Gasteiger partial charge in [-0.1, -0.05) is 11.8 Å². The van der Waals surface area contributed by atoms with Crippen molar-refractivity contribution in [2.75, 3.05) is 5.43 Å². The Morgan fingerprint density at radius 2 is 2.00 bits per heavy atom. The molecule has 2 aromatic rings. The topological polar surface area (TPSA) is 107 Å². The lowest BCUT2D eigenvalue weighted by Crippen LogP contribution is -2.09. The second kappa shape index (κ2) is 5.43. The van der Waals surface area contributed by atoms with Crippen molar-refractivity contribution >= 4 is 23.3 Å². The summed E-state index contributed by atoms with van der Waals surface area (Å²) in [6.45, 7) is 0. The Hall–Kier alpha value is -2.19. The van der Waals surface area contributed by atoms with Crippen LogP contribution in [0, 0.1) is 10.1 Å². The maximum absolute atomic E-state index is 10.9. The zero-order valence-corrected chi connectivity index (χ0v) is 9.92. The molecule has 2 aromatic heterocycles. The molecule has 0 aromatic carbocycles. The fourth-order valence-corrected chi connectivity index (χ4v) is 2.12. The van der Waals surface area contributed by atoms with Gasteiger partial charge < -0.3 is 5.43 Å². The van der Waals surface area contributed by atoms with Crippen LogP contribution in [0.15, 0.2) is 46.6 Å². The van der Waals surface area contributed by atoms with Crippen LogP contribution in [-0.4, -0.2) is 14.9 Å². The Bertz CT molecular complexity index is 563. The van der Waals surface area contributed by atoms with Crippen LogP contribution in [0.1, 0.15) is 0 Å². The highest BCUT2D eigenvalue weighted by atomic mass is 32.2. The monoisotopic (exact) mass is 263 g/mol.